The second kappa shape index (κ2) is 3.94. The second-order valence-corrected chi connectivity index (χ2v) is 6.13. The lowest BCUT2D eigenvalue weighted by Gasteiger charge is -2.09. The van der Waals surface area contributed by atoms with Crippen molar-refractivity contribution in [3.05, 3.63) is 17.4 Å². The van der Waals surface area contributed by atoms with E-state index >= 15 is 0 Å². The molecule has 82 valence electrons. The third-order valence-electron chi connectivity index (χ3n) is 2.19. The van der Waals surface area contributed by atoms with Crippen LogP contribution in [0.3, 0.4) is 0 Å². The average Bonchev–Trinajstić information content (AvgIpc) is 2.50. The average molecular weight is 248 g/mol. The maximum atomic E-state index is 11.2. The van der Waals surface area contributed by atoms with Gasteiger partial charge in [-0.15, -0.1) is 0 Å². The number of halogens is 1. The third kappa shape index (κ3) is 2.79. The first kappa shape index (κ1) is 10.6. The van der Waals surface area contributed by atoms with E-state index in [9.17, 15) is 8.42 Å². The zero-order valence-electron chi connectivity index (χ0n) is 7.85. The fourth-order valence-corrected chi connectivity index (χ4v) is 3.25. The van der Waals surface area contributed by atoms with Crippen LogP contribution in [-0.4, -0.2) is 35.9 Å². The van der Waals surface area contributed by atoms with E-state index in [1.165, 1.54) is 12.4 Å². The zero-order chi connectivity index (χ0) is 10.9. The molecule has 1 fully saturated rings. The lowest BCUT2D eigenvalue weighted by molar-refractivity contribution is 0.602. The van der Waals surface area contributed by atoms with Gasteiger partial charge in [0, 0.05) is 6.04 Å². The Morgan fingerprint density at radius 3 is 2.60 bits per heavy atom. The van der Waals surface area contributed by atoms with E-state index in [1.54, 1.807) is 0 Å². The topological polar surface area (TPSA) is 72.0 Å². The van der Waals surface area contributed by atoms with E-state index in [-0.39, 0.29) is 17.5 Å². The summed E-state index contributed by atoms with van der Waals surface area (Å²) in [6.07, 6.45) is 3.55. The van der Waals surface area contributed by atoms with Gasteiger partial charge in [-0.2, -0.15) is 0 Å². The molecule has 1 saturated heterocycles. The number of nitrogens with zero attached hydrogens (tertiary/aromatic N) is 2. The van der Waals surface area contributed by atoms with Crippen LogP contribution in [0.15, 0.2) is 12.4 Å². The molecule has 0 saturated carbocycles. The Balaban J connectivity index is 2.02. The largest absolute Gasteiger partial charge is 0.350 e. The molecule has 2 heterocycles. The van der Waals surface area contributed by atoms with Crippen LogP contribution >= 0.6 is 11.6 Å². The van der Waals surface area contributed by atoms with Gasteiger partial charge in [0.05, 0.1) is 28.9 Å². The van der Waals surface area contributed by atoms with Crippen molar-refractivity contribution >= 4 is 27.4 Å². The number of nitrogens with one attached hydrogen (secondary N) is 1. The molecule has 5 nitrogen and oxygen atoms in total. The molecule has 0 aliphatic carbocycles. The summed E-state index contributed by atoms with van der Waals surface area (Å²) in [5.74, 6) is 0.804. The number of aromatic nitrogens is 2. The fraction of sp³-hybridized carbons (Fsp3) is 0.500. The summed E-state index contributed by atoms with van der Waals surface area (Å²) in [5.41, 5.74) is 0. The third-order valence-corrected chi connectivity index (χ3v) is 4.15. The van der Waals surface area contributed by atoms with E-state index in [0.717, 1.165) is 0 Å². The second-order valence-electron chi connectivity index (χ2n) is 3.47. The summed E-state index contributed by atoms with van der Waals surface area (Å²) in [5, 5.41) is 3.42. The first-order valence-electron chi connectivity index (χ1n) is 4.50. The highest BCUT2D eigenvalue weighted by Crippen LogP contribution is 2.15. The zero-order valence-corrected chi connectivity index (χ0v) is 9.42. The number of rotatable bonds is 2. The molecule has 1 aliphatic rings. The molecule has 7 heteroatoms. The predicted molar refractivity (Wildman–Crippen MR) is 57.7 cm³/mol. The minimum absolute atomic E-state index is 0.0869. The minimum Gasteiger partial charge on any atom is -0.350 e. The Morgan fingerprint density at radius 2 is 2.07 bits per heavy atom. The SMILES string of the molecule is O=S1(=O)CCC(Nc2ncc(Cl)cn2)C1. The van der Waals surface area contributed by atoms with Crippen molar-refractivity contribution < 1.29 is 8.42 Å². The van der Waals surface area contributed by atoms with Crippen molar-refractivity contribution in [2.75, 3.05) is 16.8 Å². The normalized spacial score (nSPS) is 23.9. The Morgan fingerprint density at radius 1 is 1.40 bits per heavy atom. The summed E-state index contributed by atoms with van der Waals surface area (Å²) in [4.78, 5) is 7.88. The molecule has 0 spiro atoms. The lowest BCUT2D eigenvalue weighted by Crippen LogP contribution is -2.21. The molecule has 0 aromatic carbocycles. The van der Waals surface area contributed by atoms with E-state index in [1.807, 2.05) is 0 Å². The molecule has 1 atom stereocenters. The minimum atomic E-state index is -2.87. The monoisotopic (exact) mass is 247 g/mol. The quantitative estimate of drug-likeness (QED) is 0.834. The van der Waals surface area contributed by atoms with Crippen LogP contribution in [0, 0.1) is 0 Å². The Labute approximate surface area is 92.8 Å². The van der Waals surface area contributed by atoms with Gasteiger partial charge in [-0.1, -0.05) is 11.6 Å². The molecule has 1 aromatic heterocycles. The van der Waals surface area contributed by atoms with Crippen LogP contribution in [0.4, 0.5) is 5.95 Å². The van der Waals surface area contributed by atoms with Gasteiger partial charge in [0.1, 0.15) is 0 Å². The molecule has 15 heavy (non-hydrogen) atoms. The van der Waals surface area contributed by atoms with Crippen molar-refractivity contribution in [2.45, 2.75) is 12.5 Å². The lowest BCUT2D eigenvalue weighted by atomic mass is 10.3. The van der Waals surface area contributed by atoms with Crippen LogP contribution in [-0.2, 0) is 9.84 Å². The number of hydrogen-bond donors (Lipinski definition) is 1. The van der Waals surface area contributed by atoms with E-state index < -0.39 is 9.84 Å². The highest BCUT2D eigenvalue weighted by Gasteiger charge is 2.28. The van der Waals surface area contributed by atoms with Gasteiger partial charge in [0.25, 0.3) is 0 Å². The van der Waals surface area contributed by atoms with Crippen LogP contribution in [0.5, 0.6) is 0 Å². The Hall–Kier alpha value is -0.880. The van der Waals surface area contributed by atoms with Gasteiger partial charge in [0.2, 0.25) is 5.95 Å². The standard InChI is InChI=1S/C8H10ClN3O2S/c9-6-3-10-8(11-4-6)12-7-1-2-15(13,14)5-7/h3-4,7H,1-2,5H2,(H,10,11,12). The van der Waals surface area contributed by atoms with E-state index in [0.29, 0.717) is 17.4 Å². The van der Waals surface area contributed by atoms with Crippen molar-refractivity contribution in [3.8, 4) is 0 Å². The number of sulfone groups is 1. The maximum absolute atomic E-state index is 11.2. The highest BCUT2D eigenvalue weighted by atomic mass is 35.5. The molecule has 1 N–H and O–H groups in total. The fourth-order valence-electron chi connectivity index (χ4n) is 1.48. The van der Waals surface area contributed by atoms with Crippen LogP contribution < -0.4 is 5.32 Å². The van der Waals surface area contributed by atoms with Crippen molar-refractivity contribution in [1.29, 1.82) is 0 Å². The molecule has 1 aromatic rings. The summed E-state index contributed by atoms with van der Waals surface area (Å²) in [6, 6.07) is -0.0869. The number of anilines is 1. The summed E-state index contributed by atoms with van der Waals surface area (Å²) < 4.78 is 22.4. The molecule has 1 aliphatic heterocycles. The van der Waals surface area contributed by atoms with Gasteiger partial charge in [-0.3, -0.25) is 0 Å². The summed E-state index contributed by atoms with van der Waals surface area (Å²) in [6.45, 7) is 0. The molecular weight excluding hydrogens is 238 g/mol. The highest BCUT2D eigenvalue weighted by molar-refractivity contribution is 7.91. The van der Waals surface area contributed by atoms with Crippen molar-refractivity contribution in [2.24, 2.45) is 0 Å². The van der Waals surface area contributed by atoms with E-state index in [4.69, 9.17) is 11.6 Å². The van der Waals surface area contributed by atoms with Gasteiger partial charge in [-0.05, 0) is 6.42 Å². The molecular formula is C8H10ClN3O2S. The summed E-state index contributed by atoms with van der Waals surface area (Å²) in [7, 11) is -2.87. The van der Waals surface area contributed by atoms with Gasteiger partial charge < -0.3 is 5.32 Å². The molecule has 0 amide bonds. The molecule has 0 radical (unpaired) electrons. The smallest absolute Gasteiger partial charge is 0.222 e. The van der Waals surface area contributed by atoms with Crippen LogP contribution in [0.2, 0.25) is 5.02 Å². The van der Waals surface area contributed by atoms with Crippen molar-refractivity contribution in [3.63, 3.8) is 0 Å². The summed E-state index contributed by atoms with van der Waals surface area (Å²) >= 11 is 5.62. The van der Waals surface area contributed by atoms with Gasteiger partial charge >= 0.3 is 0 Å². The first-order chi connectivity index (χ1) is 7.05. The Kier molecular flexibility index (Phi) is 2.79. The first-order valence-corrected chi connectivity index (χ1v) is 6.70. The van der Waals surface area contributed by atoms with E-state index in [2.05, 4.69) is 15.3 Å². The molecule has 2 rings (SSSR count). The Bertz CT molecular complexity index is 445. The molecule has 1 unspecified atom stereocenters. The van der Waals surface area contributed by atoms with Crippen LogP contribution in [0.1, 0.15) is 6.42 Å². The predicted octanol–water partition coefficient (Wildman–Crippen LogP) is 0.729. The molecule has 0 bridgehead atoms. The maximum Gasteiger partial charge on any atom is 0.222 e. The van der Waals surface area contributed by atoms with Gasteiger partial charge in [0.15, 0.2) is 9.84 Å². The van der Waals surface area contributed by atoms with Gasteiger partial charge in [-0.25, -0.2) is 18.4 Å². The number of hydrogen-bond acceptors (Lipinski definition) is 5. The van der Waals surface area contributed by atoms with Crippen molar-refractivity contribution in [1.82, 2.24) is 9.97 Å². The van der Waals surface area contributed by atoms with Crippen LogP contribution in [0.25, 0.3) is 0 Å².